The van der Waals surface area contributed by atoms with Crippen molar-refractivity contribution in [1.29, 1.82) is 0 Å². The number of rotatable bonds is 4. The average molecular weight is 247 g/mol. The number of hydrogen-bond donors (Lipinski definition) is 1. The number of carbonyl (C=O) groups is 1. The minimum absolute atomic E-state index is 0.116. The van der Waals surface area contributed by atoms with Gasteiger partial charge in [-0.25, -0.2) is 4.98 Å². The van der Waals surface area contributed by atoms with Crippen LogP contribution in [0.1, 0.15) is 50.5 Å². The molecule has 1 aliphatic carbocycles. The van der Waals surface area contributed by atoms with Gasteiger partial charge in [0.05, 0.1) is 6.20 Å². The predicted octanol–water partition coefficient (Wildman–Crippen LogP) is 2.42. The number of aromatic nitrogens is 2. The zero-order valence-corrected chi connectivity index (χ0v) is 11.3. The van der Waals surface area contributed by atoms with Crippen molar-refractivity contribution in [2.24, 2.45) is 11.3 Å². The van der Waals surface area contributed by atoms with Gasteiger partial charge in [0, 0.05) is 18.4 Å². The molecule has 1 heterocycles. The Kier molecular flexibility index (Phi) is 3.64. The van der Waals surface area contributed by atoms with E-state index in [0.717, 1.165) is 0 Å². The van der Waals surface area contributed by atoms with Gasteiger partial charge in [-0.05, 0) is 24.2 Å². The van der Waals surface area contributed by atoms with Gasteiger partial charge in [-0.1, -0.05) is 27.2 Å². The summed E-state index contributed by atoms with van der Waals surface area (Å²) in [6.45, 7) is 6.58. The number of carbonyl (C=O) groups excluding carboxylic acids is 1. The highest BCUT2D eigenvalue weighted by Gasteiger charge is 2.41. The van der Waals surface area contributed by atoms with Crippen molar-refractivity contribution in [3.63, 3.8) is 0 Å². The third kappa shape index (κ3) is 2.52. The van der Waals surface area contributed by atoms with E-state index in [9.17, 15) is 4.79 Å². The summed E-state index contributed by atoms with van der Waals surface area (Å²) in [7, 11) is 0. The van der Waals surface area contributed by atoms with Crippen molar-refractivity contribution in [3.05, 3.63) is 24.3 Å². The normalized spacial score (nSPS) is 19.1. The first-order valence-corrected chi connectivity index (χ1v) is 6.60. The van der Waals surface area contributed by atoms with Crippen LogP contribution in [0, 0.1) is 11.3 Å². The summed E-state index contributed by atoms with van der Waals surface area (Å²) in [5.74, 6) is 0.311. The number of amides is 1. The summed E-state index contributed by atoms with van der Waals surface area (Å²) in [4.78, 5) is 20.1. The van der Waals surface area contributed by atoms with Crippen LogP contribution in [0.4, 0.5) is 0 Å². The Hall–Kier alpha value is -1.45. The highest BCUT2D eigenvalue weighted by atomic mass is 16.2. The molecule has 1 unspecified atom stereocenters. The average Bonchev–Trinajstić information content (AvgIpc) is 2.33. The van der Waals surface area contributed by atoms with E-state index in [1.54, 1.807) is 12.4 Å². The lowest BCUT2D eigenvalue weighted by atomic mass is 9.63. The van der Waals surface area contributed by atoms with Crippen molar-refractivity contribution in [2.75, 3.05) is 0 Å². The second kappa shape index (κ2) is 5.04. The van der Waals surface area contributed by atoms with E-state index in [1.807, 2.05) is 0 Å². The van der Waals surface area contributed by atoms with Gasteiger partial charge in [-0.3, -0.25) is 9.78 Å². The van der Waals surface area contributed by atoms with Crippen molar-refractivity contribution in [2.45, 2.75) is 46.1 Å². The van der Waals surface area contributed by atoms with E-state index in [-0.39, 0.29) is 17.4 Å². The molecule has 1 amide bonds. The Morgan fingerprint density at radius 1 is 1.39 bits per heavy atom. The predicted molar refractivity (Wildman–Crippen MR) is 70.1 cm³/mol. The van der Waals surface area contributed by atoms with Gasteiger partial charge in [0.25, 0.3) is 5.91 Å². The monoisotopic (exact) mass is 247 g/mol. The number of hydrogen-bond acceptors (Lipinski definition) is 3. The molecule has 1 aliphatic rings. The summed E-state index contributed by atoms with van der Waals surface area (Å²) < 4.78 is 0. The van der Waals surface area contributed by atoms with Crippen LogP contribution in [0.5, 0.6) is 0 Å². The van der Waals surface area contributed by atoms with Gasteiger partial charge in [-0.15, -0.1) is 0 Å². The molecule has 18 heavy (non-hydrogen) atoms. The molecule has 4 heteroatoms. The second-order valence-electron chi connectivity index (χ2n) is 5.79. The molecular formula is C14H21N3O. The fraction of sp³-hybridized carbons (Fsp3) is 0.643. The highest BCUT2D eigenvalue weighted by molar-refractivity contribution is 5.92. The molecule has 1 aromatic heterocycles. The Labute approximate surface area is 108 Å². The van der Waals surface area contributed by atoms with Crippen LogP contribution in [0.2, 0.25) is 0 Å². The van der Waals surface area contributed by atoms with E-state index in [2.05, 4.69) is 36.1 Å². The number of nitrogens with one attached hydrogen (secondary N) is 1. The zero-order valence-electron chi connectivity index (χ0n) is 11.3. The van der Waals surface area contributed by atoms with Crippen LogP contribution >= 0.6 is 0 Å². The first kappa shape index (κ1) is 13.0. The molecule has 98 valence electrons. The third-order valence-corrected chi connectivity index (χ3v) is 4.00. The lowest BCUT2D eigenvalue weighted by Crippen LogP contribution is -2.52. The standard InChI is InChI=1S/C14H21N3O/c1-10(2)12(14(3)5-4-6-14)17-13(18)11-9-15-7-8-16-11/h7-10,12H,4-6H2,1-3H3,(H,17,18). The van der Waals surface area contributed by atoms with Crippen LogP contribution in [0.3, 0.4) is 0 Å². The smallest absolute Gasteiger partial charge is 0.271 e. The van der Waals surface area contributed by atoms with E-state index in [1.165, 1.54) is 25.5 Å². The summed E-state index contributed by atoms with van der Waals surface area (Å²) in [5, 5.41) is 3.13. The Bertz CT molecular complexity index is 412. The molecule has 1 fully saturated rings. The lowest BCUT2D eigenvalue weighted by Gasteiger charge is -2.47. The van der Waals surface area contributed by atoms with Gasteiger partial charge in [0.2, 0.25) is 0 Å². The van der Waals surface area contributed by atoms with Crippen molar-refractivity contribution in [1.82, 2.24) is 15.3 Å². The summed E-state index contributed by atoms with van der Waals surface area (Å²) >= 11 is 0. The molecule has 0 saturated heterocycles. The maximum atomic E-state index is 12.1. The fourth-order valence-electron chi connectivity index (χ4n) is 2.82. The molecule has 2 rings (SSSR count). The molecule has 1 atom stereocenters. The second-order valence-corrected chi connectivity index (χ2v) is 5.79. The van der Waals surface area contributed by atoms with Gasteiger partial charge in [-0.2, -0.15) is 0 Å². The van der Waals surface area contributed by atoms with Gasteiger partial charge >= 0.3 is 0 Å². The first-order chi connectivity index (χ1) is 8.53. The van der Waals surface area contributed by atoms with Crippen molar-refractivity contribution in [3.8, 4) is 0 Å². The fourth-order valence-corrected chi connectivity index (χ4v) is 2.82. The molecular weight excluding hydrogens is 226 g/mol. The van der Waals surface area contributed by atoms with E-state index < -0.39 is 0 Å². The minimum atomic E-state index is -0.116. The third-order valence-electron chi connectivity index (χ3n) is 4.00. The van der Waals surface area contributed by atoms with Gasteiger partial charge in [0.1, 0.15) is 5.69 Å². The van der Waals surface area contributed by atoms with Crippen molar-refractivity contribution < 1.29 is 4.79 Å². The Morgan fingerprint density at radius 3 is 2.56 bits per heavy atom. The largest absolute Gasteiger partial charge is 0.347 e. The van der Waals surface area contributed by atoms with Gasteiger partial charge in [0.15, 0.2) is 0 Å². The molecule has 0 aliphatic heterocycles. The van der Waals surface area contributed by atoms with Crippen LogP contribution < -0.4 is 5.32 Å². The van der Waals surface area contributed by atoms with E-state index in [0.29, 0.717) is 11.6 Å². The number of nitrogens with zero attached hydrogens (tertiary/aromatic N) is 2. The first-order valence-electron chi connectivity index (χ1n) is 6.60. The zero-order chi connectivity index (χ0) is 13.2. The van der Waals surface area contributed by atoms with Crippen molar-refractivity contribution >= 4 is 5.91 Å². The van der Waals surface area contributed by atoms with Crippen LogP contribution in [0.25, 0.3) is 0 Å². The summed E-state index contributed by atoms with van der Waals surface area (Å²) in [6.07, 6.45) is 8.28. The molecule has 1 aromatic rings. The SMILES string of the molecule is CC(C)C(NC(=O)c1cnccn1)C1(C)CCC1. The molecule has 0 radical (unpaired) electrons. The van der Waals surface area contributed by atoms with E-state index >= 15 is 0 Å². The Balaban J connectivity index is 2.08. The lowest BCUT2D eigenvalue weighted by molar-refractivity contribution is 0.0580. The van der Waals surface area contributed by atoms with Crippen LogP contribution in [0.15, 0.2) is 18.6 Å². The highest BCUT2D eigenvalue weighted by Crippen LogP contribution is 2.45. The molecule has 4 nitrogen and oxygen atoms in total. The quantitative estimate of drug-likeness (QED) is 0.889. The maximum absolute atomic E-state index is 12.1. The molecule has 1 N–H and O–H groups in total. The van der Waals surface area contributed by atoms with Crippen LogP contribution in [-0.2, 0) is 0 Å². The molecule has 0 spiro atoms. The molecule has 0 aromatic carbocycles. The molecule has 0 bridgehead atoms. The van der Waals surface area contributed by atoms with Gasteiger partial charge < -0.3 is 5.32 Å². The van der Waals surface area contributed by atoms with E-state index in [4.69, 9.17) is 0 Å². The summed E-state index contributed by atoms with van der Waals surface area (Å²) in [6, 6.07) is 0.209. The summed E-state index contributed by atoms with van der Waals surface area (Å²) in [5.41, 5.74) is 0.637. The van der Waals surface area contributed by atoms with Crippen LogP contribution in [-0.4, -0.2) is 21.9 Å². The maximum Gasteiger partial charge on any atom is 0.271 e. The topological polar surface area (TPSA) is 54.9 Å². The molecule has 1 saturated carbocycles. The Morgan fingerprint density at radius 2 is 2.11 bits per heavy atom. The minimum Gasteiger partial charge on any atom is -0.347 e.